The van der Waals surface area contributed by atoms with Gasteiger partial charge in [-0.1, -0.05) is 35.8 Å². The van der Waals surface area contributed by atoms with Crippen LogP contribution in [0.2, 0.25) is 5.02 Å². The second-order valence-electron chi connectivity index (χ2n) is 6.28. The molecular weight excluding hydrogens is 336 g/mol. The van der Waals surface area contributed by atoms with Crippen LogP contribution in [0.1, 0.15) is 55.3 Å². The largest absolute Gasteiger partial charge is 0.361 e. The van der Waals surface area contributed by atoms with Crippen LogP contribution in [-0.4, -0.2) is 24.2 Å². The van der Waals surface area contributed by atoms with Crippen molar-refractivity contribution in [3.63, 3.8) is 0 Å². The van der Waals surface area contributed by atoms with Crippen LogP contribution < -0.4 is 10.6 Å². The smallest absolute Gasteiger partial charge is 0.191 e. The third-order valence-electron chi connectivity index (χ3n) is 4.15. The van der Waals surface area contributed by atoms with Gasteiger partial charge in [0, 0.05) is 29.6 Å². The summed E-state index contributed by atoms with van der Waals surface area (Å²) in [5.41, 5.74) is 3.20. The Kier molecular flexibility index (Phi) is 6.88. The second kappa shape index (κ2) is 8.90. The van der Waals surface area contributed by atoms with Crippen molar-refractivity contribution in [1.29, 1.82) is 0 Å². The van der Waals surface area contributed by atoms with Crippen molar-refractivity contribution < 1.29 is 4.52 Å². The lowest BCUT2D eigenvalue weighted by atomic mass is 10.00. The minimum atomic E-state index is 0.103. The minimum Gasteiger partial charge on any atom is -0.361 e. The molecule has 0 aliphatic carbocycles. The second-order valence-corrected chi connectivity index (χ2v) is 6.72. The number of benzene rings is 1. The fourth-order valence-corrected chi connectivity index (χ4v) is 3.10. The Hall–Kier alpha value is -2.01. The molecule has 2 aromatic rings. The average Bonchev–Trinajstić information content (AvgIpc) is 2.91. The molecule has 0 fully saturated rings. The number of hydrogen-bond donors (Lipinski definition) is 2. The van der Waals surface area contributed by atoms with E-state index in [2.05, 4.69) is 42.6 Å². The zero-order chi connectivity index (χ0) is 18.4. The van der Waals surface area contributed by atoms with E-state index >= 15 is 0 Å². The molecular formula is C19H27ClN4O. The third-order valence-corrected chi connectivity index (χ3v) is 4.39. The predicted molar refractivity (Wildman–Crippen MR) is 103 cm³/mol. The summed E-state index contributed by atoms with van der Waals surface area (Å²) in [6.07, 6.45) is 0. The summed E-state index contributed by atoms with van der Waals surface area (Å²) in [6, 6.07) is 7.96. The number of guanidine groups is 1. The fraction of sp³-hybridized carbons (Fsp3) is 0.474. The normalized spacial score (nSPS) is 14.2. The van der Waals surface area contributed by atoms with Crippen LogP contribution in [0.5, 0.6) is 0 Å². The first-order valence-corrected chi connectivity index (χ1v) is 9.03. The molecule has 6 heteroatoms. The third kappa shape index (κ3) is 5.23. The van der Waals surface area contributed by atoms with Crippen LogP contribution in [0.15, 0.2) is 33.8 Å². The van der Waals surface area contributed by atoms with Crippen LogP contribution in [0, 0.1) is 13.8 Å². The summed E-state index contributed by atoms with van der Waals surface area (Å²) in [5.74, 6) is 1.89. The van der Waals surface area contributed by atoms with Gasteiger partial charge in [-0.2, -0.15) is 0 Å². The standard InChI is InChI=1S/C19H27ClN4O/c1-6-21-19(23-13(3)16-8-7-9-17(20)10-16)22-11-12(2)18-14(4)24-25-15(18)5/h7-10,12-13H,6,11H2,1-5H3,(H2,21,22,23). The maximum Gasteiger partial charge on any atom is 0.191 e. The van der Waals surface area contributed by atoms with E-state index in [1.165, 1.54) is 0 Å². The topological polar surface area (TPSA) is 62.5 Å². The monoisotopic (exact) mass is 362 g/mol. The Labute approximate surface area is 154 Å². The number of aryl methyl sites for hydroxylation is 2. The molecule has 0 spiro atoms. The predicted octanol–water partition coefficient (Wildman–Crippen LogP) is 4.36. The lowest BCUT2D eigenvalue weighted by molar-refractivity contribution is 0.391. The summed E-state index contributed by atoms with van der Waals surface area (Å²) in [4.78, 5) is 4.73. The quantitative estimate of drug-likeness (QED) is 0.591. The molecule has 0 aliphatic rings. The summed E-state index contributed by atoms with van der Waals surface area (Å²) in [7, 11) is 0. The molecule has 0 amide bonds. The maximum absolute atomic E-state index is 6.09. The molecule has 0 bridgehead atoms. The summed E-state index contributed by atoms with van der Waals surface area (Å²) in [5, 5.41) is 11.5. The van der Waals surface area contributed by atoms with Gasteiger partial charge in [-0.15, -0.1) is 0 Å². The lowest BCUT2D eigenvalue weighted by Crippen LogP contribution is -2.39. The molecule has 0 saturated carbocycles. The highest BCUT2D eigenvalue weighted by Gasteiger charge is 2.16. The molecule has 1 aromatic carbocycles. The SMILES string of the molecule is CCNC(=NCC(C)c1c(C)noc1C)NC(C)c1cccc(Cl)c1. The number of hydrogen-bond acceptors (Lipinski definition) is 3. The maximum atomic E-state index is 6.09. The number of aromatic nitrogens is 1. The zero-order valence-electron chi connectivity index (χ0n) is 15.6. The van der Waals surface area contributed by atoms with Crippen molar-refractivity contribution in [2.45, 2.75) is 46.6 Å². The van der Waals surface area contributed by atoms with Gasteiger partial charge < -0.3 is 15.2 Å². The Morgan fingerprint density at radius 2 is 2.08 bits per heavy atom. The van der Waals surface area contributed by atoms with Gasteiger partial charge in [-0.05, 0) is 45.4 Å². The highest BCUT2D eigenvalue weighted by Crippen LogP contribution is 2.23. The molecule has 136 valence electrons. The number of nitrogens with zero attached hydrogens (tertiary/aromatic N) is 2. The van der Waals surface area contributed by atoms with E-state index in [0.717, 1.165) is 40.1 Å². The molecule has 0 aliphatic heterocycles. The van der Waals surface area contributed by atoms with Gasteiger partial charge >= 0.3 is 0 Å². The van der Waals surface area contributed by atoms with Crippen LogP contribution >= 0.6 is 11.6 Å². The van der Waals surface area contributed by atoms with Gasteiger partial charge in [0.1, 0.15) is 5.76 Å². The van der Waals surface area contributed by atoms with E-state index < -0.39 is 0 Å². The van der Waals surface area contributed by atoms with Gasteiger partial charge in [0.25, 0.3) is 0 Å². The highest BCUT2D eigenvalue weighted by molar-refractivity contribution is 6.30. The van der Waals surface area contributed by atoms with Crippen molar-refractivity contribution in [1.82, 2.24) is 15.8 Å². The Morgan fingerprint density at radius 3 is 2.68 bits per heavy atom. The molecule has 0 radical (unpaired) electrons. The Balaban J connectivity index is 2.07. The summed E-state index contributed by atoms with van der Waals surface area (Å²) < 4.78 is 5.26. The van der Waals surface area contributed by atoms with Crippen LogP contribution in [0.3, 0.4) is 0 Å². The number of halogens is 1. The minimum absolute atomic E-state index is 0.103. The average molecular weight is 363 g/mol. The van der Waals surface area contributed by atoms with Crippen LogP contribution in [-0.2, 0) is 0 Å². The van der Waals surface area contributed by atoms with Crippen molar-refractivity contribution in [2.24, 2.45) is 4.99 Å². The molecule has 5 nitrogen and oxygen atoms in total. The van der Waals surface area contributed by atoms with E-state index in [1.807, 2.05) is 32.0 Å². The van der Waals surface area contributed by atoms with Crippen molar-refractivity contribution in [2.75, 3.05) is 13.1 Å². The molecule has 1 aromatic heterocycles. The molecule has 0 saturated heterocycles. The van der Waals surface area contributed by atoms with E-state index in [4.69, 9.17) is 21.1 Å². The number of aliphatic imine (C=N–C) groups is 1. The van der Waals surface area contributed by atoms with Crippen LogP contribution in [0.4, 0.5) is 0 Å². The van der Waals surface area contributed by atoms with Gasteiger partial charge in [0.05, 0.1) is 11.7 Å². The first-order chi connectivity index (χ1) is 11.9. The van der Waals surface area contributed by atoms with E-state index in [0.29, 0.717) is 6.54 Å². The first kappa shape index (κ1) is 19.3. The molecule has 2 unspecified atom stereocenters. The van der Waals surface area contributed by atoms with E-state index in [-0.39, 0.29) is 12.0 Å². The Bertz CT molecular complexity index is 706. The van der Waals surface area contributed by atoms with Crippen molar-refractivity contribution in [3.05, 3.63) is 51.9 Å². The summed E-state index contributed by atoms with van der Waals surface area (Å²) >= 11 is 6.09. The zero-order valence-corrected chi connectivity index (χ0v) is 16.3. The van der Waals surface area contributed by atoms with Gasteiger partial charge in [0.15, 0.2) is 5.96 Å². The van der Waals surface area contributed by atoms with Gasteiger partial charge in [-0.25, -0.2) is 0 Å². The Morgan fingerprint density at radius 1 is 1.32 bits per heavy atom. The van der Waals surface area contributed by atoms with Crippen LogP contribution in [0.25, 0.3) is 0 Å². The molecule has 2 rings (SSSR count). The summed E-state index contributed by atoms with van der Waals surface area (Å²) in [6.45, 7) is 11.7. The molecule has 1 heterocycles. The van der Waals surface area contributed by atoms with Crippen molar-refractivity contribution >= 4 is 17.6 Å². The fourth-order valence-electron chi connectivity index (χ4n) is 2.90. The first-order valence-electron chi connectivity index (χ1n) is 8.65. The molecule has 2 atom stereocenters. The lowest BCUT2D eigenvalue weighted by Gasteiger charge is -2.19. The highest BCUT2D eigenvalue weighted by atomic mass is 35.5. The number of rotatable bonds is 6. The molecule has 25 heavy (non-hydrogen) atoms. The van der Waals surface area contributed by atoms with Gasteiger partial charge in [0.2, 0.25) is 0 Å². The van der Waals surface area contributed by atoms with E-state index in [1.54, 1.807) is 0 Å². The number of nitrogens with one attached hydrogen (secondary N) is 2. The van der Waals surface area contributed by atoms with Gasteiger partial charge in [-0.3, -0.25) is 4.99 Å². The van der Waals surface area contributed by atoms with E-state index in [9.17, 15) is 0 Å². The molecule has 2 N–H and O–H groups in total. The van der Waals surface area contributed by atoms with Crippen molar-refractivity contribution in [3.8, 4) is 0 Å².